The van der Waals surface area contributed by atoms with Crippen LogP contribution in [0.1, 0.15) is 25.7 Å². The van der Waals surface area contributed by atoms with E-state index >= 15 is 0 Å². The van der Waals surface area contributed by atoms with Crippen molar-refractivity contribution >= 4 is 30.7 Å². The number of nitrogens with one attached hydrogen (secondary N) is 1. The zero-order valence-electron chi connectivity index (χ0n) is 12.5. The Morgan fingerprint density at radius 1 is 1.33 bits per heavy atom. The van der Waals surface area contributed by atoms with E-state index in [0.29, 0.717) is 18.2 Å². The molecule has 7 heteroatoms. The number of likely N-dealkylation sites (tertiary alicyclic amines) is 1. The minimum atomic E-state index is 0. The fraction of sp³-hybridized carbons (Fsp3) is 0.714. The number of aromatic nitrogens is 2. The Kier molecular flexibility index (Phi) is 10.5. The van der Waals surface area contributed by atoms with Gasteiger partial charge in [0.1, 0.15) is 0 Å². The van der Waals surface area contributed by atoms with Crippen LogP contribution in [0.15, 0.2) is 18.5 Å². The Labute approximate surface area is 139 Å². The first-order chi connectivity index (χ1) is 9.29. The molecule has 1 aliphatic rings. The van der Waals surface area contributed by atoms with Crippen LogP contribution >= 0.6 is 24.8 Å². The molecule has 0 radical (unpaired) electrons. The van der Waals surface area contributed by atoms with Crippen LogP contribution in [0.4, 0.5) is 0 Å². The third-order valence-corrected chi connectivity index (χ3v) is 3.79. The molecule has 5 nitrogen and oxygen atoms in total. The van der Waals surface area contributed by atoms with Crippen LogP contribution in [0.5, 0.6) is 0 Å². The Bertz CT molecular complexity index is 378. The van der Waals surface area contributed by atoms with Crippen LogP contribution in [0, 0.1) is 5.92 Å². The third-order valence-electron chi connectivity index (χ3n) is 3.79. The lowest BCUT2D eigenvalue weighted by Gasteiger charge is -2.32. The van der Waals surface area contributed by atoms with Gasteiger partial charge in [0.25, 0.3) is 0 Å². The molecule has 0 spiro atoms. The molecule has 2 rings (SSSR count). The summed E-state index contributed by atoms with van der Waals surface area (Å²) in [6.07, 6.45) is 7.62. The van der Waals surface area contributed by atoms with E-state index in [0.717, 1.165) is 45.4 Å². The second-order valence-corrected chi connectivity index (χ2v) is 5.26. The van der Waals surface area contributed by atoms with Crippen molar-refractivity contribution < 1.29 is 4.79 Å². The average molecular weight is 337 g/mol. The van der Waals surface area contributed by atoms with Crippen molar-refractivity contribution in [2.45, 2.75) is 32.2 Å². The maximum absolute atomic E-state index is 12.0. The summed E-state index contributed by atoms with van der Waals surface area (Å²) in [5.74, 6) is 0.967. The molecule has 21 heavy (non-hydrogen) atoms. The minimum absolute atomic E-state index is 0. The van der Waals surface area contributed by atoms with E-state index in [1.54, 1.807) is 0 Å². The van der Waals surface area contributed by atoms with E-state index in [-0.39, 0.29) is 24.8 Å². The van der Waals surface area contributed by atoms with Gasteiger partial charge >= 0.3 is 0 Å². The number of piperidine rings is 1. The van der Waals surface area contributed by atoms with Gasteiger partial charge in [-0.3, -0.25) is 9.48 Å². The SMILES string of the molecule is CNCCCC(=O)N1CCC(Cn2cccn2)CC1.Cl.Cl. The predicted molar refractivity (Wildman–Crippen MR) is 89.2 cm³/mol. The fourth-order valence-corrected chi connectivity index (χ4v) is 2.61. The van der Waals surface area contributed by atoms with Gasteiger partial charge in [-0.1, -0.05) is 0 Å². The highest BCUT2D eigenvalue weighted by Gasteiger charge is 2.22. The maximum Gasteiger partial charge on any atom is 0.222 e. The molecule has 1 aromatic heterocycles. The van der Waals surface area contributed by atoms with Crippen molar-refractivity contribution in [2.75, 3.05) is 26.7 Å². The summed E-state index contributed by atoms with van der Waals surface area (Å²) in [6, 6.07) is 1.96. The molecule has 1 aromatic rings. The highest BCUT2D eigenvalue weighted by atomic mass is 35.5. The van der Waals surface area contributed by atoms with Gasteiger partial charge in [0.05, 0.1) is 0 Å². The highest BCUT2D eigenvalue weighted by molar-refractivity contribution is 5.85. The Balaban J connectivity index is 0.00000200. The van der Waals surface area contributed by atoms with E-state index in [4.69, 9.17) is 0 Å². The first kappa shape index (κ1) is 20.2. The highest BCUT2D eigenvalue weighted by Crippen LogP contribution is 2.19. The molecule has 2 heterocycles. The fourth-order valence-electron chi connectivity index (χ4n) is 2.61. The van der Waals surface area contributed by atoms with Gasteiger partial charge in [0.2, 0.25) is 5.91 Å². The molecule has 0 saturated carbocycles. The summed E-state index contributed by atoms with van der Waals surface area (Å²) in [4.78, 5) is 14.0. The molecule has 1 N–H and O–H groups in total. The topological polar surface area (TPSA) is 50.2 Å². The number of nitrogens with zero attached hydrogens (tertiary/aromatic N) is 3. The number of halogens is 2. The van der Waals surface area contributed by atoms with Gasteiger partial charge < -0.3 is 10.2 Å². The molecule has 1 fully saturated rings. The van der Waals surface area contributed by atoms with Crippen molar-refractivity contribution in [1.29, 1.82) is 0 Å². The number of carbonyl (C=O) groups is 1. The third kappa shape index (κ3) is 6.68. The van der Waals surface area contributed by atoms with Crippen molar-refractivity contribution in [1.82, 2.24) is 20.0 Å². The van der Waals surface area contributed by atoms with Gasteiger partial charge in [0, 0.05) is 38.4 Å². The Morgan fingerprint density at radius 2 is 2.05 bits per heavy atom. The lowest BCUT2D eigenvalue weighted by Crippen LogP contribution is -2.39. The van der Waals surface area contributed by atoms with Crippen LogP contribution in [0.25, 0.3) is 0 Å². The summed E-state index contributed by atoms with van der Waals surface area (Å²) < 4.78 is 2.00. The normalized spacial score (nSPS) is 15.2. The summed E-state index contributed by atoms with van der Waals surface area (Å²) in [5, 5.41) is 7.32. The molecule has 1 amide bonds. The van der Waals surface area contributed by atoms with Crippen molar-refractivity contribution in [2.24, 2.45) is 5.92 Å². The first-order valence-electron chi connectivity index (χ1n) is 7.19. The van der Waals surface area contributed by atoms with Crippen LogP contribution in [-0.4, -0.2) is 47.3 Å². The monoisotopic (exact) mass is 336 g/mol. The lowest BCUT2D eigenvalue weighted by molar-refractivity contribution is -0.132. The van der Waals surface area contributed by atoms with E-state index < -0.39 is 0 Å². The summed E-state index contributed by atoms with van der Waals surface area (Å²) in [7, 11) is 1.92. The molecule has 0 aliphatic carbocycles. The molecule has 0 aromatic carbocycles. The molecule has 122 valence electrons. The summed E-state index contributed by atoms with van der Waals surface area (Å²) in [5.41, 5.74) is 0. The minimum Gasteiger partial charge on any atom is -0.343 e. The van der Waals surface area contributed by atoms with E-state index in [1.807, 2.05) is 35.1 Å². The van der Waals surface area contributed by atoms with Crippen molar-refractivity contribution in [3.05, 3.63) is 18.5 Å². The van der Waals surface area contributed by atoms with Gasteiger partial charge in [-0.05, 0) is 44.8 Å². The Morgan fingerprint density at radius 3 is 2.62 bits per heavy atom. The van der Waals surface area contributed by atoms with Gasteiger partial charge in [-0.2, -0.15) is 5.10 Å². The van der Waals surface area contributed by atoms with E-state index in [1.165, 1.54) is 0 Å². The zero-order valence-corrected chi connectivity index (χ0v) is 14.2. The van der Waals surface area contributed by atoms with Gasteiger partial charge in [-0.25, -0.2) is 0 Å². The average Bonchev–Trinajstić information content (AvgIpc) is 2.93. The van der Waals surface area contributed by atoms with E-state index in [9.17, 15) is 4.79 Å². The van der Waals surface area contributed by atoms with Crippen LogP contribution in [0.2, 0.25) is 0 Å². The molecule has 0 atom stereocenters. The van der Waals surface area contributed by atoms with Gasteiger partial charge in [0.15, 0.2) is 0 Å². The number of hydrogen-bond acceptors (Lipinski definition) is 3. The Hall–Kier alpha value is -0.780. The van der Waals surface area contributed by atoms with Crippen molar-refractivity contribution in [3.8, 4) is 0 Å². The molecule has 1 saturated heterocycles. The quantitative estimate of drug-likeness (QED) is 0.808. The molecular weight excluding hydrogens is 311 g/mol. The molecule has 0 unspecified atom stereocenters. The zero-order chi connectivity index (χ0) is 13.5. The maximum atomic E-state index is 12.0. The molecule has 0 bridgehead atoms. The second-order valence-electron chi connectivity index (χ2n) is 5.26. The lowest BCUT2D eigenvalue weighted by atomic mass is 9.96. The largest absolute Gasteiger partial charge is 0.343 e. The first-order valence-corrected chi connectivity index (χ1v) is 7.19. The molecular formula is C14H26Cl2N4O. The number of rotatable bonds is 6. The standard InChI is InChI=1S/C14H24N4O.2ClH/c1-15-7-2-4-14(19)17-10-5-13(6-11-17)12-18-9-3-8-16-18;;/h3,8-9,13,15H,2,4-7,10-12H2,1H3;2*1H. The number of carbonyl (C=O) groups excluding carboxylic acids is 1. The number of hydrogen-bond donors (Lipinski definition) is 1. The van der Waals surface area contributed by atoms with Crippen molar-refractivity contribution in [3.63, 3.8) is 0 Å². The smallest absolute Gasteiger partial charge is 0.222 e. The van der Waals surface area contributed by atoms with Crippen LogP contribution < -0.4 is 5.32 Å². The predicted octanol–water partition coefficient (Wildman–Crippen LogP) is 1.96. The van der Waals surface area contributed by atoms with Crippen LogP contribution in [0.3, 0.4) is 0 Å². The summed E-state index contributed by atoms with van der Waals surface area (Å²) in [6.45, 7) is 3.71. The molecule has 1 aliphatic heterocycles. The van der Waals surface area contributed by atoms with E-state index in [2.05, 4.69) is 10.4 Å². The summed E-state index contributed by atoms with van der Waals surface area (Å²) >= 11 is 0. The van der Waals surface area contributed by atoms with Gasteiger partial charge in [-0.15, -0.1) is 24.8 Å². The number of amides is 1. The van der Waals surface area contributed by atoms with Crippen LogP contribution in [-0.2, 0) is 11.3 Å². The second kappa shape index (κ2) is 10.9.